The van der Waals surface area contributed by atoms with Crippen LogP contribution in [0.3, 0.4) is 0 Å². The number of carboxylic acid groups (broad SMARTS) is 1. The van der Waals surface area contributed by atoms with Crippen LogP contribution in [-0.4, -0.2) is 49.8 Å². The number of amides is 1. The summed E-state index contributed by atoms with van der Waals surface area (Å²) in [6, 6.07) is 27.1. The predicted octanol–water partition coefficient (Wildman–Crippen LogP) is 6.48. The summed E-state index contributed by atoms with van der Waals surface area (Å²) < 4.78 is 21.8. The molecule has 0 heterocycles. The van der Waals surface area contributed by atoms with E-state index in [4.69, 9.17) is 18.9 Å². The molecule has 0 radical (unpaired) electrons. The van der Waals surface area contributed by atoms with Crippen molar-refractivity contribution in [3.63, 3.8) is 0 Å². The van der Waals surface area contributed by atoms with Crippen LogP contribution in [0.1, 0.15) is 38.3 Å². The zero-order valence-electron chi connectivity index (χ0n) is 23.3. The molecule has 0 saturated carbocycles. The number of carboxylic acids is 1. The largest absolute Gasteiger partial charge is 0.497 e. The van der Waals surface area contributed by atoms with Crippen LogP contribution in [0.2, 0.25) is 0 Å². The molecule has 212 valence electrons. The van der Waals surface area contributed by atoms with Crippen LogP contribution >= 0.6 is 0 Å². The van der Waals surface area contributed by atoms with E-state index in [-0.39, 0.29) is 17.2 Å². The van der Waals surface area contributed by atoms with Crippen LogP contribution in [0.25, 0.3) is 0 Å². The number of carbonyl (C=O) groups is 2. The van der Waals surface area contributed by atoms with E-state index in [2.05, 4.69) is 12.1 Å². The van der Waals surface area contributed by atoms with Crippen molar-refractivity contribution in [2.75, 3.05) is 27.9 Å². The SMILES string of the molecule is COc1cc(OC)cc(C(=O)N(CCCc2ccccc2)Cc2ccc(Oc3cc(OC)ccc3C(=O)O)cc2)c1. The van der Waals surface area contributed by atoms with Crippen LogP contribution < -0.4 is 18.9 Å². The lowest BCUT2D eigenvalue weighted by atomic mass is 10.1. The van der Waals surface area contributed by atoms with Gasteiger partial charge in [0.25, 0.3) is 5.91 Å². The average molecular weight is 556 g/mol. The van der Waals surface area contributed by atoms with Crippen molar-refractivity contribution in [3.8, 4) is 28.7 Å². The van der Waals surface area contributed by atoms with Gasteiger partial charge in [-0.25, -0.2) is 4.79 Å². The van der Waals surface area contributed by atoms with Gasteiger partial charge < -0.3 is 29.0 Å². The summed E-state index contributed by atoms with van der Waals surface area (Å²) in [4.78, 5) is 27.2. The Balaban J connectivity index is 1.54. The topological polar surface area (TPSA) is 94.5 Å². The number of ether oxygens (including phenoxy) is 4. The number of rotatable bonds is 13. The van der Waals surface area contributed by atoms with Crippen molar-refractivity contribution in [2.45, 2.75) is 19.4 Å². The first-order chi connectivity index (χ1) is 19.9. The zero-order chi connectivity index (χ0) is 29.2. The molecule has 0 saturated heterocycles. The van der Waals surface area contributed by atoms with Gasteiger partial charge in [0, 0.05) is 30.8 Å². The molecule has 4 aromatic rings. The summed E-state index contributed by atoms with van der Waals surface area (Å²) in [6.07, 6.45) is 1.62. The van der Waals surface area contributed by atoms with E-state index in [1.54, 1.807) is 55.5 Å². The Morgan fingerprint density at radius 1 is 0.707 bits per heavy atom. The van der Waals surface area contributed by atoms with Crippen molar-refractivity contribution in [3.05, 3.63) is 113 Å². The quantitative estimate of drug-likeness (QED) is 0.202. The third-order valence-electron chi connectivity index (χ3n) is 6.57. The minimum Gasteiger partial charge on any atom is -0.497 e. The highest BCUT2D eigenvalue weighted by Crippen LogP contribution is 2.30. The van der Waals surface area contributed by atoms with Gasteiger partial charge >= 0.3 is 5.97 Å². The number of methoxy groups -OCH3 is 3. The Labute approximate surface area is 239 Å². The Morgan fingerprint density at radius 2 is 1.34 bits per heavy atom. The second-order valence-corrected chi connectivity index (χ2v) is 9.33. The zero-order valence-corrected chi connectivity index (χ0v) is 23.3. The van der Waals surface area contributed by atoms with Crippen molar-refractivity contribution in [1.82, 2.24) is 4.90 Å². The molecule has 4 rings (SSSR count). The van der Waals surface area contributed by atoms with Crippen LogP contribution in [0.4, 0.5) is 0 Å². The van der Waals surface area contributed by atoms with Crippen LogP contribution in [0.5, 0.6) is 28.7 Å². The normalized spacial score (nSPS) is 10.5. The minimum absolute atomic E-state index is 0.0266. The van der Waals surface area contributed by atoms with E-state index in [1.807, 2.05) is 30.3 Å². The Morgan fingerprint density at radius 3 is 1.95 bits per heavy atom. The highest BCUT2D eigenvalue weighted by molar-refractivity contribution is 5.95. The van der Waals surface area contributed by atoms with Crippen LogP contribution in [0.15, 0.2) is 91.0 Å². The smallest absolute Gasteiger partial charge is 0.339 e. The third-order valence-corrected chi connectivity index (χ3v) is 6.57. The van der Waals surface area contributed by atoms with E-state index >= 15 is 0 Å². The van der Waals surface area contributed by atoms with Gasteiger partial charge in [-0.05, 0) is 60.4 Å². The molecule has 41 heavy (non-hydrogen) atoms. The average Bonchev–Trinajstić information content (AvgIpc) is 3.01. The first-order valence-corrected chi connectivity index (χ1v) is 13.1. The molecule has 8 heteroatoms. The van der Waals surface area contributed by atoms with E-state index in [9.17, 15) is 14.7 Å². The molecule has 1 amide bonds. The fourth-order valence-electron chi connectivity index (χ4n) is 4.39. The van der Waals surface area contributed by atoms with Crippen molar-refractivity contribution < 1.29 is 33.6 Å². The van der Waals surface area contributed by atoms with E-state index in [1.165, 1.54) is 24.8 Å². The lowest BCUT2D eigenvalue weighted by Crippen LogP contribution is -2.32. The summed E-state index contributed by atoms with van der Waals surface area (Å²) in [5, 5.41) is 9.53. The number of benzene rings is 4. The first kappa shape index (κ1) is 29.0. The molecule has 0 aromatic heterocycles. The second kappa shape index (κ2) is 13.9. The molecule has 4 aromatic carbocycles. The van der Waals surface area contributed by atoms with Gasteiger partial charge in [-0.3, -0.25) is 4.79 Å². The van der Waals surface area contributed by atoms with Crippen LogP contribution in [-0.2, 0) is 13.0 Å². The summed E-state index contributed by atoms with van der Waals surface area (Å²) in [5.74, 6) is 0.961. The van der Waals surface area contributed by atoms with Crippen molar-refractivity contribution >= 4 is 11.9 Å². The van der Waals surface area contributed by atoms with Crippen molar-refractivity contribution in [1.29, 1.82) is 0 Å². The first-order valence-electron chi connectivity index (χ1n) is 13.1. The molecule has 0 spiro atoms. The van der Waals surface area contributed by atoms with Gasteiger partial charge in [-0.1, -0.05) is 42.5 Å². The predicted molar refractivity (Wildman–Crippen MR) is 156 cm³/mol. The maximum absolute atomic E-state index is 13.7. The lowest BCUT2D eigenvalue weighted by Gasteiger charge is -2.24. The fourth-order valence-corrected chi connectivity index (χ4v) is 4.39. The van der Waals surface area contributed by atoms with Gasteiger partial charge in [0.05, 0.1) is 21.3 Å². The summed E-state index contributed by atoms with van der Waals surface area (Å²) in [6.45, 7) is 0.907. The molecule has 0 unspecified atom stereocenters. The molecule has 0 fully saturated rings. The maximum Gasteiger partial charge on any atom is 0.339 e. The van der Waals surface area contributed by atoms with E-state index in [0.717, 1.165) is 18.4 Å². The number of aromatic carboxylic acids is 1. The Kier molecular flexibility index (Phi) is 9.83. The van der Waals surface area contributed by atoms with Crippen molar-refractivity contribution in [2.24, 2.45) is 0 Å². The second-order valence-electron chi connectivity index (χ2n) is 9.33. The number of nitrogens with zero attached hydrogens (tertiary/aromatic N) is 1. The highest BCUT2D eigenvalue weighted by atomic mass is 16.5. The van der Waals surface area contributed by atoms with E-state index in [0.29, 0.717) is 41.7 Å². The molecule has 0 atom stereocenters. The molecule has 0 aliphatic rings. The Hall–Kier alpha value is -4.98. The van der Waals surface area contributed by atoms with Gasteiger partial charge in [-0.2, -0.15) is 0 Å². The highest BCUT2D eigenvalue weighted by Gasteiger charge is 2.19. The monoisotopic (exact) mass is 555 g/mol. The third kappa shape index (κ3) is 7.79. The molecule has 0 aliphatic heterocycles. The fraction of sp³-hybridized carbons (Fsp3) is 0.212. The summed E-state index contributed by atoms with van der Waals surface area (Å²) in [7, 11) is 4.60. The molecule has 0 bridgehead atoms. The summed E-state index contributed by atoms with van der Waals surface area (Å²) >= 11 is 0. The number of hydrogen-bond donors (Lipinski definition) is 1. The van der Waals surface area contributed by atoms with Gasteiger partial charge in [0.1, 0.15) is 34.3 Å². The van der Waals surface area contributed by atoms with Gasteiger partial charge in [0.2, 0.25) is 0 Å². The molecule has 0 aliphatic carbocycles. The summed E-state index contributed by atoms with van der Waals surface area (Å²) in [5.41, 5.74) is 2.60. The van der Waals surface area contributed by atoms with E-state index < -0.39 is 5.97 Å². The standard InChI is InChI=1S/C33H33NO7/c1-38-27-15-16-30(33(36)37)31(21-27)41-26-13-11-24(12-14-26)22-34(17-7-10-23-8-5-4-6-9-23)32(35)25-18-28(39-2)20-29(19-25)40-3/h4-6,8-9,11-16,18-21H,7,10,17,22H2,1-3H3,(H,36,37). The minimum atomic E-state index is -1.10. The molecule has 1 N–H and O–H groups in total. The number of aryl methyl sites for hydroxylation is 1. The number of hydrogen-bond acceptors (Lipinski definition) is 6. The van der Waals surface area contributed by atoms with Crippen LogP contribution in [0, 0.1) is 0 Å². The maximum atomic E-state index is 13.7. The van der Waals surface area contributed by atoms with Gasteiger partial charge in [0.15, 0.2) is 0 Å². The number of carbonyl (C=O) groups excluding carboxylic acids is 1. The molecular weight excluding hydrogens is 522 g/mol. The molecular formula is C33H33NO7. The lowest BCUT2D eigenvalue weighted by molar-refractivity contribution is 0.0692. The molecule has 8 nitrogen and oxygen atoms in total. The Bertz CT molecular complexity index is 1450. The van der Waals surface area contributed by atoms with Gasteiger partial charge in [-0.15, -0.1) is 0 Å².